The third-order valence-electron chi connectivity index (χ3n) is 3.97. The molecule has 7 nitrogen and oxygen atoms in total. The summed E-state index contributed by atoms with van der Waals surface area (Å²) in [5.41, 5.74) is -2.20. The van der Waals surface area contributed by atoms with Crippen LogP contribution in [-0.2, 0) is 11.0 Å². The van der Waals surface area contributed by atoms with Gasteiger partial charge in [0.05, 0.1) is 29.1 Å². The average Bonchev–Trinajstić information content (AvgIpc) is 2.82. The van der Waals surface area contributed by atoms with E-state index in [9.17, 15) is 22.8 Å². The highest BCUT2D eigenvalue weighted by atomic mass is 19.4. The highest BCUT2D eigenvalue weighted by Crippen LogP contribution is 2.38. The van der Waals surface area contributed by atoms with Gasteiger partial charge in [-0.05, 0) is 38.1 Å². The molecular formula is C18H13F3N4O3. The molecule has 0 radical (unpaired) electrons. The number of nitrogens with zero attached hydrogens (tertiary/aromatic N) is 3. The molecule has 1 aromatic heterocycles. The number of halogens is 3. The predicted molar refractivity (Wildman–Crippen MR) is 90.6 cm³/mol. The van der Waals surface area contributed by atoms with Crippen LogP contribution in [0.25, 0.3) is 0 Å². The van der Waals surface area contributed by atoms with Crippen LogP contribution in [0.3, 0.4) is 0 Å². The normalized spacial score (nSPS) is 15.9. The maximum Gasteiger partial charge on any atom is 0.420 e. The van der Waals surface area contributed by atoms with Crippen molar-refractivity contribution in [2.75, 3.05) is 4.90 Å². The number of pyridine rings is 1. The number of urea groups is 1. The molecule has 0 aliphatic carbocycles. The van der Waals surface area contributed by atoms with Gasteiger partial charge in [0, 0.05) is 6.07 Å². The van der Waals surface area contributed by atoms with Crippen molar-refractivity contribution >= 4 is 17.6 Å². The van der Waals surface area contributed by atoms with Crippen molar-refractivity contribution in [1.29, 1.82) is 5.26 Å². The molecule has 0 atom stereocenters. The van der Waals surface area contributed by atoms with Crippen molar-refractivity contribution in [2.45, 2.75) is 25.6 Å². The summed E-state index contributed by atoms with van der Waals surface area (Å²) in [6, 6.07) is 6.47. The van der Waals surface area contributed by atoms with Crippen LogP contribution < -0.4 is 15.0 Å². The summed E-state index contributed by atoms with van der Waals surface area (Å²) < 4.78 is 44.8. The van der Waals surface area contributed by atoms with Crippen LogP contribution in [0.4, 0.5) is 23.7 Å². The van der Waals surface area contributed by atoms with Crippen molar-refractivity contribution in [3.05, 3.63) is 47.7 Å². The van der Waals surface area contributed by atoms with Gasteiger partial charge in [-0.25, -0.2) is 14.7 Å². The van der Waals surface area contributed by atoms with E-state index in [1.54, 1.807) is 19.9 Å². The minimum absolute atomic E-state index is 0.149. The SMILES string of the molecule is CC1(C)NC(=O)N(c2ccc(Oc3ccc(C#N)cc3C(F)(F)F)nc2)C1=O. The van der Waals surface area contributed by atoms with E-state index in [4.69, 9.17) is 10.00 Å². The Hall–Kier alpha value is -3.61. The van der Waals surface area contributed by atoms with E-state index in [1.165, 1.54) is 18.2 Å². The number of rotatable bonds is 3. The second-order valence-corrected chi connectivity index (χ2v) is 6.47. The van der Waals surface area contributed by atoms with E-state index in [1.807, 2.05) is 0 Å². The molecule has 1 aliphatic rings. The van der Waals surface area contributed by atoms with Gasteiger partial charge < -0.3 is 10.1 Å². The van der Waals surface area contributed by atoms with Crippen LogP contribution in [0, 0.1) is 11.3 Å². The van der Waals surface area contributed by atoms with Crippen LogP contribution in [0.1, 0.15) is 25.0 Å². The first-order chi connectivity index (χ1) is 13.0. The van der Waals surface area contributed by atoms with Crippen LogP contribution >= 0.6 is 0 Å². The minimum Gasteiger partial charge on any atom is -0.438 e. The number of benzene rings is 1. The van der Waals surface area contributed by atoms with Gasteiger partial charge in [0.2, 0.25) is 5.88 Å². The van der Waals surface area contributed by atoms with Crippen molar-refractivity contribution < 1.29 is 27.5 Å². The number of anilines is 1. The summed E-state index contributed by atoms with van der Waals surface area (Å²) in [5, 5.41) is 11.3. The first kappa shape index (κ1) is 19.2. The number of amides is 3. The monoisotopic (exact) mass is 390 g/mol. The Morgan fingerprint density at radius 1 is 1.21 bits per heavy atom. The molecule has 1 saturated heterocycles. The zero-order chi connectivity index (χ0) is 20.7. The van der Waals surface area contributed by atoms with Crippen molar-refractivity contribution in [3.63, 3.8) is 0 Å². The molecule has 2 heterocycles. The van der Waals surface area contributed by atoms with E-state index in [0.717, 1.165) is 17.2 Å². The predicted octanol–water partition coefficient (Wildman–Crippen LogP) is 3.60. The summed E-state index contributed by atoms with van der Waals surface area (Å²) in [5.74, 6) is -1.19. The van der Waals surface area contributed by atoms with Crippen molar-refractivity contribution in [3.8, 4) is 17.7 Å². The zero-order valence-electron chi connectivity index (χ0n) is 14.7. The van der Waals surface area contributed by atoms with Gasteiger partial charge in [0.1, 0.15) is 11.3 Å². The van der Waals surface area contributed by atoms with E-state index in [-0.39, 0.29) is 17.1 Å². The van der Waals surface area contributed by atoms with Gasteiger partial charge in [-0.15, -0.1) is 0 Å². The molecular weight excluding hydrogens is 377 g/mol. The lowest BCUT2D eigenvalue weighted by Gasteiger charge is -2.16. The first-order valence-electron chi connectivity index (χ1n) is 7.95. The van der Waals surface area contributed by atoms with E-state index >= 15 is 0 Å². The lowest BCUT2D eigenvalue weighted by molar-refractivity contribution is -0.138. The highest BCUT2D eigenvalue weighted by Gasteiger charge is 2.45. The molecule has 28 heavy (non-hydrogen) atoms. The van der Waals surface area contributed by atoms with Crippen LogP contribution in [0.5, 0.6) is 11.6 Å². The number of imide groups is 1. The Morgan fingerprint density at radius 2 is 1.93 bits per heavy atom. The van der Waals surface area contributed by atoms with Gasteiger partial charge >= 0.3 is 12.2 Å². The van der Waals surface area contributed by atoms with Gasteiger partial charge in [0.25, 0.3) is 5.91 Å². The maximum atomic E-state index is 13.2. The van der Waals surface area contributed by atoms with E-state index in [2.05, 4.69) is 10.3 Å². The number of nitriles is 1. The number of carbonyl (C=O) groups is 2. The summed E-state index contributed by atoms with van der Waals surface area (Å²) in [7, 11) is 0. The standard InChI is InChI=1S/C18H13F3N4O3/c1-17(2)15(26)25(16(27)24-17)11-4-6-14(23-9-11)28-13-5-3-10(8-22)7-12(13)18(19,20)21/h3-7,9H,1-2H3,(H,24,27). The second kappa shape index (κ2) is 6.53. The minimum atomic E-state index is -4.73. The lowest BCUT2D eigenvalue weighted by atomic mass is 10.1. The molecule has 144 valence electrons. The van der Waals surface area contributed by atoms with Crippen LogP contribution in [-0.4, -0.2) is 22.5 Å². The fraction of sp³-hybridized carbons (Fsp3) is 0.222. The number of ether oxygens (including phenoxy) is 1. The highest BCUT2D eigenvalue weighted by molar-refractivity contribution is 6.22. The number of hydrogen-bond acceptors (Lipinski definition) is 5. The number of nitrogens with one attached hydrogen (secondary N) is 1. The van der Waals surface area contributed by atoms with Gasteiger partial charge in [-0.2, -0.15) is 18.4 Å². The largest absolute Gasteiger partial charge is 0.438 e. The fourth-order valence-electron chi connectivity index (χ4n) is 2.57. The average molecular weight is 390 g/mol. The summed E-state index contributed by atoms with van der Waals surface area (Å²) in [6.07, 6.45) is -3.58. The molecule has 3 rings (SSSR count). The first-order valence-corrected chi connectivity index (χ1v) is 7.95. The number of aromatic nitrogens is 1. The quantitative estimate of drug-likeness (QED) is 0.808. The van der Waals surface area contributed by atoms with Crippen LogP contribution in [0.2, 0.25) is 0 Å². The molecule has 0 spiro atoms. The Bertz CT molecular complexity index is 995. The summed E-state index contributed by atoms with van der Waals surface area (Å²) >= 11 is 0. The molecule has 10 heteroatoms. The Kier molecular flexibility index (Phi) is 4.47. The molecule has 0 unspecified atom stereocenters. The zero-order valence-corrected chi connectivity index (χ0v) is 14.7. The van der Waals surface area contributed by atoms with E-state index in [0.29, 0.717) is 6.07 Å². The van der Waals surface area contributed by atoms with E-state index < -0.39 is 35.0 Å². The van der Waals surface area contributed by atoms with Gasteiger partial charge in [-0.3, -0.25) is 4.79 Å². The molecule has 1 aliphatic heterocycles. The maximum absolute atomic E-state index is 13.2. The van der Waals surface area contributed by atoms with Crippen molar-refractivity contribution in [1.82, 2.24) is 10.3 Å². The molecule has 0 bridgehead atoms. The Morgan fingerprint density at radius 3 is 2.43 bits per heavy atom. The lowest BCUT2D eigenvalue weighted by Crippen LogP contribution is -2.40. The van der Waals surface area contributed by atoms with Gasteiger partial charge in [-0.1, -0.05) is 0 Å². The summed E-state index contributed by atoms with van der Waals surface area (Å²) in [6.45, 7) is 3.09. The van der Waals surface area contributed by atoms with Crippen LogP contribution in [0.15, 0.2) is 36.5 Å². The Labute approximate surface area is 157 Å². The summed E-state index contributed by atoms with van der Waals surface area (Å²) in [4.78, 5) is 29.0. The number of hydrogen-bond donors (Lipinski definition) is 1. The molecule has 1 aromatic carbocycles. The van der Waals surface area contributed by atoms with Gasteiger partial charge in [0.15, 0.2) is 0 Å². The fourth-order valence-corrected chi connectivity index (χ4v) is 2.57. The number of alkyl halides is 3. The molecule has 2 aromatic rings. The smallest absolute Gasteiger partial charge is 0.420 e. The number of carbonyl (C=O) groups excluding carboxylic acids is 2. The Balaban J connectivity index is 1.88. The topological polar surface area (TPSA) is 95.3 Å². The molecule has 0 saturated carbocycles. The van der Waals surface area contributed by atoms with Crippen molar-refractivity contribution in [2.24, 2.45) is 0 Å². The molecule has 1 N–H and O–H groups in total. The second-order valence-electron chi connectivity index (χ2n) is 6.47. The third-order valence-corrected chi connectivity index (χ3v) is 3.97. The molecule has 3 amide bonds. The molecule has 1 fully saturated rings. The third kappa shape index (κ3) is 3.46.